The lowest BCUT2D eigenvalue weighted by molar-refractivity contribution is -0.0640. The number of hydrogen-bond donors (Lipinski definition) is 0. The Kier molecular flexibility index (Phi) is 7.86. The normalized spacial score (nSPS) is 42.2. The Labute approximate surface area is 200 Å². The van der Waals surface area contributed by atoms with E-state index >= 15 is 0 Å². The summed E-state index contributed by atoms with van der Waals surface area (Å²) in [7, 11) is 0. The molecule has 0 aromatic rings. The zero-order valence-electron chi connectivity index (χ0n) is 22.4. The first kappa shape index (κ1) is 24.8. The van der Waals surface area contributed by atoms with Gasteiger partial charge in [0, 0.05) is 6.61 Å². The fraction of sp³-hybridized carbons (Fsp3) is 0.935. The first-order valence-electron chi connectivity index (χ1n) is 14.6. The summed E-state index contributed by atoms with van der Waals surface area (Å²) in [5, 5.41) is 0. The van der Waals surface area contributed by atoms with E-state index in [-0.39, 0.29) is 0 Å². The van der Waals surface area contributed by atoms with Crippen molar-refractivity contribution in [1.82, 2.24) is 0 Å². The van der Waals surface area contributed by atoms with Gasteiger partial charge in [-0.1, -0.05) is 78.9 Å². The molecular weight excluding hydrogens is 388 g/mol. The molecule has 0 radical (unpaired) electrons. The van der Waals surface area contributed by atoms with Crippen LogP contribution in [0.1, 0.15) is 125 Å². The molecule has 0 spiro atoms. The minimum Gasteiger partial charge on any atom is -0.378 e. The van der Waals surface area contributed by atoms with Crippen LogP contribution in [0.2, 0.25) is 0 Å². The molecule has 8 atom stereocenters. The molecule has 184 valence electrons. The molecule has 4 aliphatic carbocycles. The predicted octanol–water partition coefficient (Wildman–Crippen LogP) is 9.21. The van der Waals surface area contributed by atoms with Crippen LogP contribution in [0.4, 0.5) is 0 Å². The lowest BCUT2D eigenvalue weighted by Crippen LogP contribution is -2.51. The van der Waals surface area contributed by atoms with Gasteiger partial charge in [-0.2, -0.15) is 0 Å². The second kappa shape index (κ2) is 10.1. The fourth-order valence-electron chi connectivity index (χ4n) is 9.19. The first-order valence-corrected chi connectivity index (χ1v) is 14.6. The smallest absolute Gasteiger partial charge is 0.0612 e. The standard InChI is InChI=1S/C31H54O/c1-7-8-20-32-25-16-18-30(5)24(21-25)12-13-26-28-15-14-27(23(4)11-9-10-22(2)3)31(28,6)19-17-29(26)30/h12,22-23,25-29H,7-11,13-21H2,1-6H3/t23-,25+,26?,27-,28?,29?,30+,31-/m1/s1. The van der Waals surface area contributed by atoms with Crippen molar-refractivity contribution in [2.45, 2.75) is 131 Å². The van der Waals surface area contributed by atoms with Crippen molar-refractivity contribution < 1.29 is 4.74 Å². The van der Waals surface area contributed by atoms with E-state index in [0.717, 1.165) is 42.1 Å². The molecular formula is C31H54O. The molecule has 0 aromatic carbocycles. The maximum Gasteiger partial charge on any atom is 0.0612 e. The molecule has 0 N–H and O–H groups in total. The molecule has 0 saturated heterocycles. The van der Waals surface area contributed by atoms with Crippen LogP contribution in [0.3, 0.4) is 0 Å². The molecule has 3 fully saturated rings. The molecule has 32 heavy (non-hydrogen) atoms. The molecule has 3 saturated carbocycles. The Morgan fingerprint density at radius 2 is 1.78 bits per heavy atom. The molecule has 1 heteroatoms. The Bertz CT molecular complexity index is 649. The van der Waals surface area contributed by atoms with Gasteiger partial charge < -0.3 is 4.74 Å². The van der Waals surface area contributed by atoms with Crippen molar-refractivity contribution in [2.24, 2.45) is 46.3 Å². The molecule has 0 aromatic heterocycles. The van der Waals surface area contributed by atoms with Crippen LogP contribution in [0.15, 0.2) is 11.6 Å². The van der Waals surface area contributed by atoms with Crippen molar-refractivity contribution >= 4 is 0 Å². The summed E-state index contributed by atoms with van der Waals surface area (Å²) >= 11 is 0. The quantitative estimate of drug-likeness (QED) is 0.255. The highest BCUT2D eigenvalue weighted by atomic mass is 16.5. The van der Waals surface area contributed by atoms with E-state index in [1.165, 1.54) is 83.5 Å². The van der Waals surface area contributed by atoms with E-state index in [1.807, 2.05) is 0 Å². The number of unbranched alkanes of at least 4 members (excludes halogenated alkanes) is 1. The van der Waals surface area contributed by atoms with Crippen molar-refractivity contribution in [2.75, 3.05) is 6.61 Å². The second-order valence-corrected chi connectivity index (χ2v) is 13.4. The maximum atomic E-state index is 6.29. The van der Waals surface area contributed by atoms with Gasteiger partial charge in [0.05, 0.1) is 6.10 Å². The summed E-state index contributed by atoms with van der Waals surface area (Å²) in [5.41, 5.74) is 2.86. The van der Waals surface area contributed by atoms with Crippen LogP contribution in [0, 0.1) is 46.3 Å². The number of allylic oxidation sites excluding steroid dienone is 1. The van der Waals surface area contributed by atoms with Gasteiger partial charge >= 0.3 is 0 Å². The Balaban J connectivity index is 1.42. The lowest BCUT2D eigenvalue weighted by Gasteiger charge is -2.58. The van der Waals surface area contributed by atoms with Crippen molar-refractivity contribution in [1.29, 1.82) is 0 Å². The number of ether oxygens (including phenoxy) is 1. The fourth-order valence-corrected chi connectivity index (χ4v) is 9.19. The van der Waals surface area contributed by atoms with Crippen LogP contribution in [-0.4, -0.2) is 12.7 Å². The lowest BCUT2D eigenvalue weighted by atomic mass is 9.47. The zero-order valence-corrected chi connectivity index (χ0v) is 22.4. The van der Waals surface area contributed by atoms with Crippen LogP contribution >= 0.6 is 0 Å². The minimum absolute atomic E-state index is 0.468. The summed E-state index contributed by atoms with van der Waals surface area (Å²) in [6, 6.07) is 0. The minimum atomic E-state index is 0.468. The largest absolute Gasteiger partial charge is 0.378 e. The van der Waals surface area contributed by atoms with E-state index < -0.39 is 0 Å². The Hall–Kier alpha value is -0.300. The molecule has 0 aliphatic heterocycles. The molecule has 3 unspecified atom stereocenters. The first-order chi connectivity index (χ1) is 15.3. The number of rotatable bonds is 9. The zero-order chi connectivity index (χ0) is 22.9. The summed E-state index contributed by atoms with van der Waals surface area (Å²) in [6.07, 6.45) is 21.2. The third-order valence-electron chi connectivity index (χ3n) is 11.1. The summed E-state index contributed by atoms with van der Waals surface area (Å²) < 4.78 is 6.29. The van der Waals surface area contributed by atoms with Crippen LogP contribution in [0.25, 0.3) is 0 Å². The van der Waals surface area contributed by atoms with E-state index in [2.05, 4.69) is 47.6 Å². The maximum absolute atomic E-state index is 6.29. The SMILES string of the molecule is CCCCO[C@H]1CC[C@@]2(C)C(=CCC3C2CC[C@@]2(C)C3CC[C@@H]2[C@H](C)CCCC(C)C)C1. The van der Waals surface area contributed by atoms with Crippen LogP contribution in [-0.2, 0) is 4.74 Å². The summed E-state index contributed by atoms with van der Waals surface area (Å²) in [6.45, 7) is 16.0. The van der Waals surface area contributed by atoms with Crippen molar-refractivity contribution in [3.8, 4) is 0 Å². The van der Waals surface area contributed by atoms with E-state index in [9.17, 15) is 0 Å². The monoisotopic (exact) mass is 442 g/mol. The summed E-state index contributed by atoms with van der Waals surface area (Å²) in [5.74, 6) is 5.62. The van der Waals surface area contributed by atoms with Gasteiger partial charge in [0.25, 0.3) is 0 Å². The molecule has 4 rings (SSSR count). The van der Waals surface area contributed by atoms with Crippen molar-refractivity contribution in [3.63, 3.8) is 0 Å². The molecule has 0 bridgehead atoms. The topological polar surface area (TPSA) is 9.23 Å². The highest BCUT2D eigenvalue weighted by molar-refractivity contribution is 5.25. The predicted molar refractivity (Wildman–Crippen MR) is 138 cm³/mol. The Morgan fingerprint density at radius 3 is 2.53 bits per heavy atom. The van der Waals surface area contributed by atoms with Gasteiger partial charge in [-0.15, -0.1) is 0 Å². The van der Waals surface area contributed by atoms with E-state index in [0.29, 0.717) is 16.9 Å². The highest BCUT2D eigenvalue weighted by Crippen LogP contribution is 2.67. The molecule has 0 heterocycles. The third-order valence-corrected chi connectivity index (χ3v) is 11.1. The van der Waals surface area contributed by atoms with Crippen molar-refractivity contribution in [3.05, 3.63) is 11.6 Å². The average molecular weight is 443 g/mol. The van der Waals surface area contributed by atoms with Gasteiger partial charge in [-0.3, -0.25) is 0 Å². The molecule has 4 aliphatic rings. The van der Waals surface area contributed by atoms with Crippen LogP contribution in [0.5, 0.6) is 0 Å². The Morgan fingerprint density at radius 1 is 0.969 bits per heavy atom. The van der Waals surface area contributed by atoms with Gasteiger partial charge in [-0.25, -0.2) is 0 Å². The molecule has 1 nitrogen and oxygen atoms in total. The van der Waals surface area contributed by atoms with Crippen LogP contribution < -0.4 is 0 Å². The highest BCUT2D eigenvalue weighted by Gasteiger charge is 2.59. The number of hydrogen-bond acceptors (Lipinski definition) is 1. The molecule has 0 amide bonds. The van der Waals surface area contributed by atoms with E-state index in [4.69, 9.17) is 4.74 Å². The van der Waals surface area contributed by atoms with E-state index in [1.54, 1.807) is 5.57 Å². The van der Waals surface area contributed by atoms with Gasteiger partial charge in [0.15, 0.2) is 0 Å². The third kappa shape index (κ3) is 4.63. The van der Waals surface area contributed by atoms with Gasteiger partial charge in [0.1, 0.15) is 0 Å². The number of fused-ring (bicyclic) bond motifs is 5. The summed E-state index contributed by atoms with van der Waals surface area (Å²) in [4.78, 5) is 0. The van der Waals surface area contributed by atoms with Gasteiger partial charge in [-0.05, 0) is 104 Å². The average Bonchev–Trinajstić information content (AvgIpc) is 3.11. The second-order valence-electron chi connectivity index (χ2n) is 13.4. The van der Waals surface area contributed by atoms with Gasteiger partial charge in [0.2, 0.25) is 0 Å².